The SMILES string of the molecule is Cc1cc(C)c(C(=O)N2CCN(C(C)C)[C@@H](CO)C2)cc1CC1CCN(c2ccccc2C#N)CC1. The fourth-order valence-corrected chi connectivity index (χ4v) is 5.95. The third kappa shape index (κ3) is 5.58. The van der Waals surface area contributed by atoms with Crippen LogP contribution in [0.15, 0.2) is 36.4 Å². The number of nitriles is 1. The summed E-state index contributed by atoms with van der Waals surface area (Å²) in [7, 11) is 0. The molecule has 2 heterocycles. The summed E-state index contributed by atoms with van der Waals surface area (Å²) in [6.45, 7) is 12.5. The van der Waals surface area contributed by atoms with E-state index in [1.54, 1.807) is 0 Å². The third-order valence-corrected chi connectivity index (χ3v) is 8.09. The maximum absolute atomic E-state index is 13.6. The smallest absolute Gasteiger partial charge is 0.254 e. The molecule has 0 unspecified atom stereocenters. The first kappa shape index (κ1) is 26.2. The van der Waals surface area contributed by atoms with Gasteiger partial charge in [-0.15, -0.1) is 0 Å². The van der Waals surface area contributed by atoms with Gasteiger partial charge in [-0.3, -0.25) is 9.69 Å². The number of hydrogen-bond acceptors (Lipinski definition) is 5. The number of rotatable bonds is 6. The Bertz CT molecular complexity index is 1110. The summed E-state index contributed by atoms with van der Waals surface area (Å²) in [4.78, 5) is 20.1. The molecule has 1 amide bonds. The number of hydrogen-bond donors (Lipinski definition) is 1. The van der Waals surface area contributed by atoms with Crippen molar-refractivity contribution in [3.63, 3.8) is 0 Å². The zero-order valence-corrected chi connectivity index (χ0v) is 22.2. The zero-order valence-electron chi connectivity index (χ0n) is 22.2. The number of amides is 1. The van der Waals surface area contributed by atoms with Crippen molar-refractivity contribution >= 4 is 11.6 Å². The molecule has 0 radical (unpaired) electrons. The van der Waals surface area contributed by atoms with Gasteiger partial charge in [0, 0.05) is 44.3 Å². The Balaban J connectivity index is 1.43. The van der Waals surface area contributed by atoms with Crippen LogP contribution in [0.2, 0.25) is 0 Å². The Hall–Kier alpha value is -2.88. The molecule has 0 aliphatic carbocycles. The fourth-order valence-electron chi connectivity index (χ4n) is 5.95. The van der Waals surface area contributed by atoms with Crippen LogP contribution in [0.5, 0.6) is 0 Å². The van der Waals surface area contributed by atoms with Crippen LogP contribution in [0.3, 0.4) is 0 Å². The summed E-state index contributed by atoms with van der Waals surface area (Å²) in [5, 5.41) is 19.4. The van der Waals surface area contributed by atoms with E-state index in [2.05, 4.69) is 48.8 Å². The van der Waals surface area contributed by atoms with Gasteiger partial charge in [-0.25, -0.2) is 0 Å². The third-order valence-electron chi connectivity index (χ3n) is 8.09. The molecule has 0 aromatic heterocycles. The number of aliphatic hydroxyl groups is 1. The lowest BCUT2D eigenvalue weighted by Gasteiger charge is -2.43. The van der Waals surface area contributed by atoms with Gasteiger partial charge >= 0.3 is 0 Å². The highest BCUT2D eigenvalue weighted by molar-refractivity contribution is 5.96. The Labute approximate surface area is 216 Å². The Kier molecular flexibility index (Phi) is 8.33. The number of anilines is 1. The predicted molar refractivity (Wildman–Crippen MR) is 144 cm³/mol. The minimum atomic E-state index is -0.00993. The fraction of sp³-hybridized carbons (Fsp3) is 0.533. The van der Waals surface area contributed by atoms with Gasteiger partial charge in [0.2, 0.25) is 0 Å². The minimum Gasteiger partial charge on any atom is -0.395 e. The number of aliphatic hydroxyl groups excluding tert-OH is 1. The van der Waals surface area contributed by atoms with Crippen molar-refractivity contribution in [3.05, 3.63) is 64.2 Å². The molecule has 192 valence electrons. The van der Waals surface area contributed by atoms with E-state index >= 15 is 0 Å². The lowest BCUT2D eigenvalue weighted by molar-refractivity contribution is 0.0193. The predicted octanol–water partition coefficient (Wildman–Crippen LogP) is 4.16. The van der Waals surface area contributed by atoms with Gasteiger partial charge in [0.25, 0.3) is 5.91 Å². The van der Waals surface area contributed by atoms with Crippen molar-refractivity contribution in [2.24, 2.45) is 5.92 Å². The van der Waals surface area contributed by atoms with Crippen molar-refractivity contribution < 1.29 is 9.90 Å². The number of aryl methyl sites for hydroxylation is 2. The first-order chi connectivity index (χ1) is 17.3. The van der Waals surface area contributed by atoms with Gasteiger partial charge in [-0.2, -0.15) is 5.26 Å². The van der Waals surface area contributed by atoms with Crippen molar-refractivity contribution in [1.29, 1.82) is 5.26 Å². The summed E-state index contributed by atoms with van der Waals surface area (Å²) in [6.07, 6.45) is 3.12. The van der Waals surface area contributed by atoms with Crippen molar-refractivity contribution in [3.8, 4) is 6.07 Å². The highest BCUT2D eigenvalue weighted by Crippen LogP contribution is 2.30. The van der Waals surface area contributed by atoms with Crippen LogP contribution in [0, 0.1) is 31.1 Å². The molecule has 6 heteroatoms. The second kappa shape index (κ2) is 11.5. The van der Waals surface area contributed by atoms with Crippen LogP contribution in [-0.4, -0.2) is 72.2 Å². The topological polar surface area (TPSA) is 70.8 Å². The number of para-hydroxylation sites is 1. The van der Waals surface area contributed by atoms with Crippen LogP contribution in [0.25, 0.3) is 0 Å². The van der Waals surface area contributed by atoms with Crippen molar-refractivity contribution in [2.45, 2.75) is 59.0 Å². The van der Waals surface area contributed by atoms with E-state index in [4.69, 9.17) is 0 Å². The normalized spacial score (nSPS) is 19.5. The Morgan fingerprint density at radius 1 is 1.08 bits per heavy atom. The molecule has 2 fully saturated rings. The van der Waals surface area contributed by atoms with Gasteiger partial charge in [-0.05, 0) is 87.8 Å². The zero-order chi connectivity index (χ0) is 25.8. The van der Waals surface area contributed by atoms with Gasteiger partial charge in [0.05, 0.1) is 23.9 Å². The lowest BCUT2D eigenvalue weighted by Crippen LogP contribution is -2.58. The average Bonchev–Trinajstić information content (AvgIpc) is 2.89. The summed E-state index contributed by atoms with van der Waals surface area (Å²) >= 11 is 0. The molecule has 2 aromatic rings. The highest BCUT2D eigenvalue weighted by Gasteiger charge is 2.31. The first-order valence-electron chi connectivity index (χ1n) is 13.3. The van der Waals surface area contributed by atoms with Crippen molar-refractivity contribution in [2.75, 3.05) is 44.2 Å². The number of carbonyl (C=O) groups excluding carboxylic acids is 1. The van der Waals surface area contributed by atoms with Crippen LogP contribution >= 0.6 is 0 Å². The molecule has 36 heavy (non-hydrogen) atoms. The second-order valence-electron chi connectivity index (χ2n) is 10.8. The molecule has 2 aliphatic heterocycles. The van der Waals surface area contributed by atoms with Gasteiger partial charge in [0.15, 0.2) is 0 Å². The average molecular weight is 489 g/mol. The van der Waals surface area contributed by atoms with Gasteiger partial charge in [0.1, 0.15) is 6.07 Å². The second-order valence-corrected chi connectivity index (χ2v) is 10.8. The number of piperidine rings is 1. The maximum Gasteiger partial charge on any atom is 0.254 e. The number of benzene rings is 2. The molecular weight excluding hydrogens is 448 g/mol. The molecule has 4 rings (SSSR count). The molecule has 2 saturated heterocycles. The van der Waals surface area contributed by atoms with Gasteiger partial charge in [-0.1, -0.05) is 18.2 Å². The van der Waals surface area contributed by atoms with E-state index in [1.807, 2.05) is 36.1 Å². The molecule has 0 spiro atoms. The standard InChI is InChI=1S/C30H40N4O2/c1-21(2)34-14-13-33(19-27(34)20-35)30(36)28-17-26(22(3)15-23(28)4)16-24-9-11-32(12-10-24)29-8-6-5-7-25(29)18-31/h5-8,15,17,21,24,27,35H,9-14,16,19-20H2,1-4H3/t27-/m1/s1. The molecule has 1 atom stereocenters. The quantitative estimate of drug-likeness (QED) is 0.661. The van der Waals surface area contributed by atoms with Crippen LogP contribution in [0.1, 0.15) is 59.3 Å². The van der Waals surface area contributed by atoms with Crippen molar-refractivity contribution in [1.82, 2.24) is 9.80 Å². The van der Waals surface area contributed by atoms with Crippen LogP contribution < -0.4 is 4.90 Å². The molecule has 0 bridgehead atoms. The van der Waals surface area contributed by atoms with Crippen LogP contribution in [0.4, 0.5) is 5.69 Å². The van der Waals surface area contributed by atoms with E-state index < -0.39 is 0 Å². The number of carbonyl (C=O) groups is 1. The van der Waals surface area contributed by atoms with Crippen LogP contribution in [-0.2, 0) is 6.42 Å². The monoisotopic (exact) mass is 488 g/mol. The highest BCUT2D eigenvalue weighted by atomic mass is 16.3. The Morgan fingerprint density at radius 2 is 1.81 bits per heavy atom. The molecule has 6 nitrogen and oxygen atoms in total. The molecule has 1 N–H and O–H groups in total. The summed E-state index contributed by atoms with van der Waals surface area (Å²) in [5.41, 5.74) is 6.11. The summed E-state index contributed by atoms with van der Waals surface area (Å²) < 4.78 is 0. The molecule has 2 aliphatic rings. The van der Waals surface area contributed by atoms with E-state index in [-0.39, 0.29) is 18.6 Å². The molecule has 2 aromatic carbocycles. The summed E-state index contributed by atoms with van der Waals surface area (Å²) in [6, 6.07) is 14.8. The largest absolute Gasteiger partial charge is 0.395 e. The maximum atomic E-state index is 13.6. The number of piperazine rings is 1. The molecular formula is C30H40N4O2. The lowest BCUT2D eigenvalue weighted by atomic mass is 9.86. The van der Waals surface area contributed by atoms with Gasteiger partial charge < -0.3 is 14.9 Å². The van der Waals surface area contributed by atoms with E-state index in [9.17, 15) is 15.2 Å². The summed E-state index contributed by atoms with van der Waals surface area (Å²) in [5.74, 6) is 0.645. The minimum absolute atomic E-state index is 0.00993. The van der Waals surface area contributed by atoms with E-state index in [0.717, 1.165) is 61.3 Å². The Morgan fingerprint density at radius 3 is 2.47 bits per heavy atom. The van der Waals surface area contributed by atoms with E-state index in [1.165, 1.54) is 11.1 Å². The first-order valence-corrected chi connectivity index (χ1v) is 13.3. The number of nitrogens with zero attached hydrogens (tertiary/aromatic N) is 4. The van der Waals surface area contributed by atoms with E-state index in [0.29, 0.717) is 25.0 Å². The molecule has 0 saturated carbocycles.